The van der Waals surface area contributed by atoms with E-state index in [2.05, 4.69) is 48.5 Å². The Morgan fingerprint density at radius 1 is 0.667 bits per heavy atom. The minimum atomic E-state index is -0.641. The monoisotopic (exact) mass is 294 g/mol. The van der Waals surface area contributed by atoms with Crippen LogP contribution in [-0.4, -0.2) is 0 Å². The Bertz CT molecular complexity index is 684. The van der Waals surface area contributed by atoms with Crippen LogP contribution in [0.1, 0.15) is 5.56 Å². The highest BCUT2D eigenvalue weighted by Gasteiger charge is 2.16. The van der Waals surface area contributed by atoms with Crippen molar-refractivity contribution >= 4 is 23.8 Å². The van der Waals surface area contributed by atoms with Gasteiger partial charge in [0, 0.05) is 0 Å². The number of hydrogen-bond donors (Lipinski definition) is 0. The van der Waals surface area contributed by atoms with Gasteiger partial charge in [-0.3, -0.25) is 0 Å². The molecule has 0 spiro atoms. The molecule has 0 saturated carbocycles. The normalized spacial score (nSPS) is 10.8. The molecular formula is C19H16FP. The maximum Gasteiger partial charge on any atom is 0.126 e. The van der Waals surface area contributed by atoms with Crippen molar-refractivity contribution in [2.75, 3.05) is 0 Å². The first-order valence-corrected chi connectivity index (χ1v) is 8.26. The fourth-order valence-corrected chi connectivity index (χ4v) is 4.75. The van der Waals surface area contributed by atoms with E-state index in [1.54, 1.807) is 6.07 Å². The predicted molar refractivity (Wildman–Crippen MR) is 89.8 cm³/mol. The number of hydrogen-bond acceptors (Lipinski definition) is 0. The standard InChI is InChI=1S/C19H16FP/c1-15-14-18(12-13-19(15)20)21(16-8-4-2-5-9-16)17-10-6-3-7-11-17/h2-14H,1H3. The average Bonchev–Trinajstić information content (AvgIpc) is 2.53. The molecule has 104 valence electrons. The molecule has 3 rings (SSSR count). The second-order valence-electron chi connectivity index (χ2n) is 4.94. The predicted octanol–water partition coefficient (Wildman–Crippen LogP) is 3.89. The first kappa shape index (κ1) is 14.0. The molecule has 3 aromatic rings. The molecule has 0 saturated heterocycles. The summed E-state index contributed by atoms with van der Waals surface area (Å²) in [7, 11) is -0.641. The van der Waals surface area contributed by atoms with Crippen molar-refractivity contribution in [2.24, 2.45) is 0 Å². The molecule has 0 unspecified atom stereocenters. The van der Waals surface area contributed by atoms with Gasteiger partial charge in [-0.25, -0.2) is 4.39 Å². The van der Waals surface area contributed by atoms with Gasteiger partial charge < -0.3 is 0 Å². The molecule has 0 aromatic heterocycles. The molecule has 0 radical (unpaired) electrons. The molecule has 0 bridgehead atoms. The quantitative estimate of drug-likeness (QED) is 0.643. The molecule has 0 atom stereocenters. The van der Waals surface area contributed by atoms with Crippen molar-refractivity contribution in [3.05, 3.63) is 90.2 Å². The SMILES string of the molecule is Cc1cc(P(c2ccccc2)c2ccccc2)ccc1F. The Balaban J connectivity index is 2.14. The maximum absolute atomic E-state index is 13.6. The summed E-state index contributed by atoms with van der Waals surface area (Å²) in [5.41, 5.74) is 0.701. The van der Waals surface area contributed by atoms with Gasteiger partial charge in [-0.15, -0.1) is 0 Å². The maximum atomic E-state index is 13.6. The van der Waals surface area contributed by atoms with Crippen molar-refractivity contribution in [2.45, 2.75) is 6.92 Å². The lowest BCUT2D eigenvalue weighted by atomic mass is 10.2. The Kier molecular flexibility index (Phi) is 4.13. The van der Waals surface area contributed by atoms with Gasteiger partial charge >= 0.3 is 0 Å². The Morgan fingerprint density at radius 3 is 1.67 bits per heavy atom. The lowest BCUT2D eigenvalue weighted by Crippen LogP contribution is -2.20. The van der Waals surface area contributed by atoms with Crippen molar-refractivity contribution in [1.82, 2.24) is 0 Å². The molecular weight excluding hydrogens is 278 g/mol. The Hall–Kier alpha value is -1.98. The summed E-state index contributed by atoms with van der Waals surface area (Å²) in [4.78, 5) is 0. The van der Waals surface area contributed by atoms with Gasteiger partial charge in [0.1, 0.15) is 5.82 Å². The van der Waals surface area contributed by atoms with Crippen LogP contribution in [-0.2, 0) is 0 Å². The molecule has 0 aliphatic carbocycles. The lowest BCUT2D eigenvalue weighted by Gasteiger charge is -2.19. The molecule has 0 nitrogen and oxygen atoms in total. The lowest BCUT2D eigenvalue weighted by molar-refractivity contribution is 0.619. The smallest absolute Gasteiger partial charge is 0.126 e. The van der Waals surface area contributed by atoms with E-state index in [1.807, 2.05) is 31.2 Å². The van der Waals surface area contributed by atoms with Gasteiger partial charge in [-0.2, -0.15) is 0 Å². The van der Waals surface area contributed by atoms with E-state index in [4.69, 9.17) is 0 Å². The van der Waals surface area contributed by atoms with Gasteiger partial charge in [-0.1, -0.05) is 66.7 Å². The summed E-state index contributed by atoms with van der Waals surface area (Å²) in [6.07, 6.45) is 0. The molecule has 0 heterocycles. The van der Waals surface area contributed by atoms with Crippen LogP contribution in [0.3, 0.4) is 0 Å². The van der Waals surface area contributed by atoms with Gasteiger partial charge in [0.25, 0.3) is 0 Å². The third kappa shape index (κ3) is 3.04. The van der Waals surface area contributed by atoms with Crippen LogP contribution >= 0.6 is 7.92 Å². The zero-order valence-electron chi connectivity index (χ0n) is 11.8. The number of rotatable bonds is 3. The highest BCUT2D eigenvalue weighted by Crippen LogP contribution is 2.32. The van der Waals surface area contributed by atoms with Crippen LogP contribution < -0.4 is 15.9 Å². The third-order valence-electron chi connectivity index (χ3n) is 3.43. The summed E-state index contributed by atoms with van der Waals surface area (Å²) in [6.45, 7) is 1.82. The summed E-state index contributed by atoms with van der Waals surface area (Å²) in [5.74, 6) is -0.144. The molecule has 0 amide bonds. The second-order valence-corrected chi connectivity index (χ2v) is 7.16. The van der Waals surface area contributed by atoms with Gasteiger partial charge in [0.05, 0.1) is 0 Å². The van der Waals surface area contributed by atoms with Crippen LogP contribution in [0.2, 0.25) is 0 Å². The third-order valence-corrected chi connectivity index (χ3v) is 5.85. The largest absolute Gasteiger partial charge is 0.207 e. The minimum absolute atomic E-state index is 0.144. The number of benzene rings is 3. The van der Waals surface area contributed by atoms with Crippen LogP contribution in [0.4, 0.5) is 4.39 Å². The fourth-order valence-electron chi connectivity index (χ4n) is 2.37. The van der Waals surface area contributed by atoms with E-state index in [0.29, 0.717) is 5.56 Å². The molecule has 0 fully saturated rings. The summed E-state index contributed by atoms with van der Waals surface area (Å²) in [5, 5.41) is 3.75. The molecule has 0 aliphatic heterocycles. The van der Waals surface area contributed by atoms with Gasteiger partial charge in [-0.05, 0) is 48.5 Å². The van der Waals surface area contributed by atoms with E-state index >= 15 is 0 Å². The van der Waals surface area contributed by atoms with Crippen LogP contribution in [0, 0.1) is 12.7 Å². The van der Waals surface area contributed by atoms with Gasteiger partial charge in [0.15, 0.2) is 0 Å². The van der Waals surface area contributed by atoms with E-state index < -0.39 is 7.92 Å². The highest BCUT2D eigenvalue weighted by atomic mass is 31.1. The number of halogens is 1. The fraction of sp³-hybridized carbons (Fsp3) is 0.0526. The molecule has 2 heteroatoms. The highest BCUT2D eigenvalue weighted by molar-refractivity contribution is 7.79. The first-order chi connectivity index (χ1) is 10.3. The van der Waals surface area contributed by atoms with E-state index in [-0.39, 0.29) is 5.82 Å². The zero-order valence-corrected chi connectivity index (χ0v) is 12.7. The van der Waals surface area contributed by atoms with E-state index in [1.165, 1.54) is 15.9 Å². The Morgan fingerprint density at radius 2 is 1.19 bits per heavy atom. The zero-order chi connectivity index (χ0) is 14.7. The summed E-state index contributed by atoms with van der Waals surface area (Å²) < 4.78 is 13.6. The van der Waals surface area contributed by atoms with Gasteiger partial charge in [0.2, 0.25) is 0 Å². The minimum Gasteiger partial charge on any atom is -0.207 e. The van der Waals surface area contributed by atoms with Crippen molar-refractivity contribution in [3.8, 4) is 0 Å². The molecule has 0 N–H and O–H groups in total. The first-order valence-electron chi connectivity index (χ1n) is 6.92. The van der Waals surface area contributed by atoms with Crippen LogP contribution in [0.5, 0.6) is 0 Å². The topological polar surface area (TPSA) is 0 Å². The summed E-state index contributed by atoms with van der Waals surface area (Å²) in [6, 6.07) is 26.3. The van der Waals surface area contributed by atoms with Crippen molar-refractivity contribution in [1.29, 1.82) is 0 Å². The summed E-state index contributed by atoms with van der Waals surface area (Å²) >= 11 is 0. The Labute approximate surface area is 126 Å². The van der Waals surface area contributed by atoms with Crippen molar-refractivity contribution < 1.29 is 4.39 Å². The second kappa shape index (κ2) is 6.20. The number of aryl methyl sites for hydroxylation is 1. The van der Waals surface area contributed by atoms with Crippen LogP contribution in [0.15, 0.2) is 78.9 Å². The molecule has 3 aromatic carbocycles. The van der Waals surface area contributed by atoms with E-state index in [9.17, 15) is 4.39 Å². The van der Waals surface area contributed by atoms with E-state index in [0.717, 1.165) is 0 Å². The molecule has 21 heavy (non-hydrogen) atoms. The van der Waals surface area contributed by atoms with Crippen molar-refractivity contribution in [3.63, 3.8) is 0 Å². The van der Waals surface area contributed by atoms with Crippen LogP contribution in [0.25, 0.3) is 0 Å². The molecule has 0 aliphatic rings. The average molecular weight is 294 g/mol.